The third-order valence-corrected chi connectivity index (χ3v) is 4.19. The van der Waals surface area contributed by atoms with Crippen LogP contribution in [0.5, 0.6) is 0 Å². The maximum Gasteiger partial charge on any atom is 0.275 e. The molecule has 0 atom stereocenters. The van der Waals surface area contributed by atoms with E-state index in [4.69, 9.17) is 0 Å². The summed E-state index contributed by atoms with van der Waals surface area (Å²) in [7, 11) is 0. The molecule has 2 aliphatic carbocycles. The molecule has 0 aromatic rings. The zero-order valence-electron chi connectivity index (χ0n) is 11.4. The van der Waals surface area contributed by atoms with Crippen molar-refractivity contribution in [2.45, 2.75) is 63.8 Å². The van der Waals surface area contributed by atoms with Crippen LogP contribution in [0, 0.1) is 0 Å². The lowest BCUT2D eigenvalue weighted by atomic mass is 9.97. The van der Waals surface area contributed by atoms with Gasteiger partial charge < -0.3 is 10.6 Å². The van der Waals surface area contributed by atoms with Gasteiger partial charge in [0.25, 0.3) is 5.91 Å². The van der Waals surface area contributed by atoms with Crippen molar-refractivity contribution in [2.24, 2.45) is 0 Å². The predicted molar refractivity (Wildman–Crippen MR) is 73.2 cm³/mol. The maximum atomic E-state index is 11.7. The van der Waals surface area contributed by atoms with Crippen molar-refractivity contribution in [3.8, 4) is 0 Å². The molecule has 0 spiro atoms. The molecular formula is C15H27N2O+. The molecule has 18 heavy (non-hydrogen) atoms. The summed E-state index contributed by atoms with van der Waals surface area (Å²) in [6.45, 7) is 1.44. The number of nitrogens with one attached hydrogen (secondary N) is 1. The Morgan fingerprint density at radius 2 is 2.11 bits per heavy atom. The molecule has 3 N–H and O–H groups in total. The number of hydrogen-bond donors (Lipinski definition) is 2. The molecule has 3 nitrogen and oxygen atoms in total. The summed E-state index contributed by atoms with van der Waals surface area (Å²) >= 11 is 0. The van der Waals surface area contributed by atoms with Gasteiger partial charge in [-0.05, 0) is 57.8 Å². The highest BCUT2D eigenvalue weighted by atomic mass is 16.1. The van der Waals surface area contributed by atoms with E-state index in [2.05, 4.69) is 16.7 Å². The Balaban J connectivity index is 1.52. The second-order valence-corrected chi connectivity index (χ2v) is 5.69. The second-order valence-electron chi connectivity index (χ2n) is 5.69. The van der Waals surface area contributed by atoms with Crippen molar-refractivity contribution in [3.63, 3.8) is 0 Å². The summed E-state index contributed by atoms with van der Waals surface area (Å²) in [5.41, 5.74) is 1.54. The van der Waals surface area contributed by atoms with Crippen LogP contribution in [0.4, 0.5) is 0 Å². The first-order valence-electron chi connectivity index (χ1n) is 7.62. The predicted octanol–water partition coefficient (Wildman–Crippen LogP) is 1.50. The number of carbonyl (C=O) groups excluding carboxylic acids is 1. The fourth-order valence-corrected chi connectivity index (χ4v) is 3.03. The number of quaternary nitrogens is 1. The van der Waals surface area contributed by atoms with Crippen molar-refractivity contribution in [3.05, 3.63) is 11.6 Å². The molecule has 0 radical (unpaired) electrons. The molecule has 0 bridgehead atoms. The van der Waals surface area contributed by atoms with Crippen LogP contribution in [-0.4, -0.2) is 25.0 Å². The van der Waals surface area contributed by atoms with Crippen molar-refractivity contribution in [1.82, 2.24) is 5.32 Å². The average molecular weight is 251 g/mol. The highest BCUT2D eigenvalue weighted by molar-refractivity contribution is 5.76. The molecule has 0 aromatic heterocycles. The Hall–Kier alpha value is -0.830. The van der Waals surface area contributed by atoms with E-state index in [0.717, 1.165) is 13.0 Å². The summed E-state index contributed by atoms with van der Waals surface area (Å²) in [4.78, 5) is 11.7. The topological polar surface area (TPSA) is 45.7 Å². The van der Waals surface area contributed by atoms with E-state index < -0.39 is 0 Å². The number of rotatable bonds is 6. The molecule has 1 saturated carbocycles. The Bertz CT molecular complexity index is 293. The van der Waals surface area contributed by atoms with Gasteiger partial charge in [-0.15, -0.1) is 0 Å². The fourth-order valence-electron chi connectivity index (χ4n) is 3.03. The molecular weight excluding hydrogens is 224 g/mol. The van der Waals surface area contributed by atoms with Crippen LogP contribution in [-0.2, 0) is 4.79 Å². The van der Waals surface area contributed by atoms with E-state index in [1.165, 1.54) is 51.4 Å². The highest BCUT2D eigenvalue weighted by Crippen LogP contribution is 2.19. The molecule has 0 saturated heterocycles. The molecule has 0 heterocycles. The van der Waals surface area contributed by atoms with Crippen molar-refractivity contribution in [2.75, 3.05) is 13.1 Å². The Kier molecular flexibility index (Phi) is 5.72. The molecule has 0 unspecified atom stereocenters. The lowest BCUT2D eigenvalue weighted by Crippen LogP contribution is -2.91. The van der Waals surface area contributed by atoms with E-state index in [9.17, 15) is 4.79 Å². The van der Waals surface area contributed by atoms with E-state index in [0.29, 0.717) is 12.6 Å². The van der Waals surface area contributed by atoms with Crippen LogP contribution in [0.25, 0.3) is 0 Å². The van der Waals surface area contributed by atoms with Crippen LogP contribution >= 0.6 is 0 Å². The third-order valence-electron chi connectivity index (χ3n) is 4.19. The molecule has 2 rings (SSSR count). The van der Waals surface area contributed by atoms with Gasteiger partial charge in [0.15, 0.2) is 6.54 Å². The van der Waals surface area contributed by atoms with Crippen LogP contribution in [0.3, 0.4) is 0 Å². The summed E-state index contributed by atoms with van der Waals surface area (Å²) in [6, 6.07) is 0.705. The van der Waals surface area contributed by atoms with Gasteiger partial charge >= 0.3 is 0 Å². The number of nitrogens with two attached hydrogens (primary N) is 1. The third kappa shape index (κ3) is 4.81. The monoisotopic (exact) mass is 251 g/mol. The maximum absolute atomic E-state index is 11.7. The molecule has 3 heteroatoms. The minimum Gasteiger partial charge on any atom is -0.351 e. The van der Waals surface area contributed by atoms with E-state index in [1.54, 1.807) is 5.57 Å². The molecule has 1 amide bonds. The summed E-state index contributed by atoms with van der Waals surface area (Å²) in [5, 5.41) is 5.27. The Labute approximate surface area is 110 Å². The van der Waals surface area contributed by atoms with Gasteiger partial charge in [-0.1, -0.05) is 11.6 Å². The number of allylic oxidation sites excluding steroid dienone is 1. The minimum absolute atomic E-state index is 0.207. The van der Waals surface area contributed by atoms with E-state index >= 15 is 0 Å². The van der Waals surface area contributed by atoms with Gasteiger partial charge in [-0.2, -0.15) is 0 Å². The van der Waals surface area contributed by atoms with E-state index in [-0.39, 0.29) is 5.91 Å². The van der Waals surface area contributed by atoms with Crippen LogP contribution < -0.4 is 10.6 Å². The molecule has 0 aliphatic heterocycles. The highest BCUT2D eigenvalue weighted by Gasteiger charge is 2.18. The van der Waals surface area contributed by atoms with Gasteiger partial charge in [-0.3, -0.25) is 4.79 Å². The smallest absolute Gasteiger partial charge is 0.275 e. The summed E-state index contributed by atoms with van der Waals surface area (Å²) in [5.74, 6) is 0.207. The lowest BCUT2D eigenvalue weighted by molar-refractivity contribution is -0.677. The van der Waals surface area contributed by atoms with Crippen LogP contribution in [0.1, 0.15) is 57.8 Å². The SMILES string of the molecule is O=C(C[NH2+]C1CCCC1)NCCC1=CCCCC1. The minimum atomic E-state index is 0.207. The molecule has 0 aromatic carbocycles. The second kappa shape index (κ2) is 7.57. The van der Waals surface area contributed by atoms with Crippen LogP contribution in [0.2, 0.25) is 0 Å². The molecule has 2 aliphatic rings. The zero-order chi connectivity index (χ0) is 12.6. The van der Waals surface area contributed by atoms with Crippen molar-refractivity contribution < 1.29 is 10.1 Å². The average Bonchev–Trinajstić information content (AvgIpc) is 2.91. The van der Waals surface area contributed by atoms with Gasteiger partial charge in [-0.25, -0.2) is 0 Å². The zero-order valence-corrected chi connectivity index (χ0v) is 11.4. The normalized spacial score (nSPS) is 20.8. The van der Waals surface area contributed by atoms with Crippen molar-refractivity contribution >= 4 is 5.91 Å². The number of hydrogen-bond acceptors (Lipinski definition) is 1. The van der Waals surface area contributed by atoms with Gasteiger partial charge in [0.1, 0.15) is 0 Å². The Morgan fingerprint density at radius 3 is 2.83 bits per heavy atom. The van der Waals surface area contributed by atoms with Crippen LogP contribution in [0.15, 0.2) is 11.6 Å². The number of carbonyl (C=O) groups is 1. The first-order valence-corrected chi connectivity index (χ1v) is 7.62. The van der Waals surface area contributed by atoms with Crippen molar-refractivity contribution in [1.29, 1.82) is 0 Å². The lowest BCUT2D eigenvalue weighted by Gasteiger charge is -2.13. The summed E-state index contributed by atoms with van der Waals surface area (Å²) in [6.07, 6.45) is 13.8. The molecule has 102 valence electrons. The van der Waals surface area contributed by atoms with Gasteiger partial charge in [0.05, 0.1) is 6.04 Å². The Morgan fingerprint density at radius 1 is 1.28 bits per heavy atom. The fraction of sp³-hybridized carbons (Fsp3) is 0.800. The van der Waals surface area contributed by atoms with Gasteiger partial charge in [0.2, 0.25) is 0 Å². The standard InChI is InChI=1S/C15H26N2O/c18-15(12-17-14-8-4-5-9-14)16-11-10-13-6-2-1-3-7-13/h6,14,17H,1-5,7-12H2,(H,16,18)/p+1. The first kappa shape index (κ1) is 13.6. The first-order chi connectivity index (χ1) is 8.84. The summed E-state index contributed by atoms with van der Waals surface area (Å²) < 4.78 is 0. The molecule has 1 fully saturated rings. The van der Waals surface area contributed by atoms with Gasteiger partial charge in [0, 0.05) is 6.54 Å². The largest absolute Gasteiger partial charge is 0.351 e. The number of amides is 1. The quantitative estimate of drug-likeness (QED) is 0.690. The van der Waals surface area contributed by atoms with E-state index in [1.807, 2.05) is 0 Å².